The summed E-state index contributed by atoms with van der Waals surface area (Å²) in [6, 6.07) is 6.60. The SMILES string of the molecule is CCc1nnc2n1CC(CNCc1ccc3c(c1)CC(C)(C)O3)CC2. The summed E-state index contributed by atoms with van der Waals surface area (Å²) >= 11 is 0. The number of aromatic nitrogens is 3. The summed E-state index contributed by atoms with van der Waals surface area (Å²) < 4.78 is 8.29. The van der Waals surface area contributed by atoms with Crippen LogP contribution in [0.2, 0.25) is 0 Å². The Hall–Kier alpha value is -1.88. The molecular weight excluding hydrogens is 312 g/mol. The second kappa shape index (κ2) is 6.45. The van der Waals surface area contributed by atoms with Crippen LogP contribution >= 0.6 is 0 Å². The van der Waals surface area contributed by atoms with Gasteiger partial charge in [-0.05, 0) is 49.9 Å². The molecule has 134 valence electrons. The third-order valence-corrected chi connectivity index (χ3v) is 5.33. The van der Waals surface area contributed by atoms with Crippen molar-refractivity contribution in [3.63, 3.8) is 0 Å². The van der Waals surface area contributed by atoms with Gasteiger partial charge in [0.1, 0.15) is 23.0 Å². The van der Waals surface area contributed by atoms with Crippen molar-refractivity contribution in [2.24, 2.45) is 5.92 Å². The maximum atomic E-state index is 5.96. The first-order chi connectivity index (χ1) is 12.0. The summed E-state index contributed by atoms with van der Waals surface area (Å²) in [5.74, 6) is 3.99. The van der Waals surface area contributed by atoms with E-state index >= 15 is 0 Å². The highest BCUT2D eigenvalue weighted by Crippen LogP contribution is 2.35. The number of nitrogens with one attached hydrogen (secondary N) is 1. The fraction of sp³-hybridized carbons (Fsp3) is 0.600. The van der Waals surface area contributed by atoms with E-state index in [-0.39, 0.29) is 5.60 Å². The van der Waals surface area contributed by atoms with E-state index in [0.717, 1.165) is 56.3 Å². The minimum atomic E-state index is -0.0655. The molecule has 5 nitrogen and oxygen atoms in total. The summed E-state index contributed by atoms with van der Waals surface area (Å²) in [5.41, 5.74) is 2.61. The van der Waals surface area contributed by atoms with E-state index in [4.69, 9.17) is 4.74 Å². The van der Waals surface area contributed by atoms with Gasteiger partial charge in [0.25, 0.3) is 0 Å². The van der Waals surface area contributed by atoms with Crippen LogP contribution < -0.4 is 10.1 Å². The molecule has 2 aromatic rings. The Labute approximate surface area is 149 Å². The molecule has 25 heavy (non-hydrogen) atoms. The fourth-order valence-corrected chi connectivity index (χ4v) is 4.07. The van der Waals surface area contributed by atoms with E-state index in [2.05, 4.69) is 59.1 Å². The zero-order valence-electron chi connectivity index (χ0n) is 15.5. The van der Waals surface area contributed by atoms with Crippen molar-refractivity contribution < 1.29 is 4.74 Å². The molecule has 1 N–H and O–H groups in total. The second-order valence-electron chi connectivity index (χ2n) is 8.01. The zero-order chi connectivity index (χ0) is 17.4. The van der Waals surface area contributed by atoms with Crippen LogP contribution in [-0.2, 0) is 32.4 Å². The molecule has 4 rings (SSSR count). The molecule has 0 saturated heterocycles. The molecule has 1 unspecified atom stereocenters. The lowest BCUT2D eigenvalue weighted by molar-refractivity contribution is 0.138. The quantitative estimate of drug-likeness (QED) is 0.909. The molecule has 1 aromatic carbocycles. The number of hydrogen-bond donors (Lipinski definition) is 1. The van der Waals surface area contributed by atoms with E-state index in [1.54, 1.807) is 0 Å². The van der Waals surface area contributed by atoms with Crippen molar-refractivity contribution in [1.82, 2.24) is 20.1 Å². The van der Waals surface area contributed by atoms with Gasteiger partial charge in [0, 0.05) is 32.4 Å². The van der Waals surface area contributed by atoms with Crippen LogP contribution in [0.4, 0.5) is 0 Å². The summed E-state index contributed by atoms with van der Waals surface area (Å²) in [7, 11) is 0. The van der Waals surface area contributed by atoms with E-state index < -0.39 is 0 Å². The van der Waals surface area contributed by atoms with E-state index in [9.17, 15) is 0 Å². The van der Waals surface area contributed by atoms with Crippen molar-refractivity contribution in [1.29, 1.82) is 0 Å². The molecule has 2 aliphatic heterocycles. The van der Waals surface area contributed by atoms with Crippen LogP contribution in [0.5, 0.6) is 5.75 Å². The number of benzene rings is 1. The number of fused-ring (bicyclic) bond motifs is 2. The molecule has 0 aliphatic carbocycles. The van der Waals surface area contributed by atoms with Crippen LogP contribution in [0.25, 0.3) is 0 Å². The molecule has 0 radical (unpaired) electrons. The summed E-state index contributed by atoms with van der Waals surface area (Å²) in [6.07, 6.45) is 4.20. The summed E-state index contributed by atoms with van der Waals surface area (Å²) in [5, 5.41) is 12.3. The molecule has 0 amide bonds. The first-order valence-electron chi connectivity index (χ1n) is 9.46. The van der Waals surface area contributed by atoms with Crippen molar-refractivity contribution in [2.75, 3.05) is 6.54 Å². The Kier molecular flexibility index (Phi) is 4.28. The van der Waals surface area contributed by atoms with Crippen molar-refractivity contribution in [3.8, 4) is 5.75 Å². The van der Waals surface area contributed by atoms with E-state index in [1.165, 1.54) is 17.5 Å². The normalized spacial score (nSPS) is 20.8. The van der Waals surface area contributed by atoms with Gasteiger partial charge in [0.15, 0.2) is 0 Å². The van der Waals surface area contributed by atoms with Gasteiger partial charge in [0.2, 0.25) is 0 Å². The van der Waals surface area contributed by atoms with Crippen LogP contribution in [0.3, 0.4) is 0 Å². The Morgan fingerprint density at radius 2 is 2.20 bits per heavy atom. The lowest BCUT2D eigenvalue weighted by Crippen LogP contribution is -2.30. The lowest BCUT2D eigenvalue weighted by Gasteiger charge is -2.24. The molecule has 1 atom stereocenters. The largest absolute Gasteiger partial charge is 0.487 e. The molecular formula is C20H28N4O. The predicted molar refractivity (Wildman–Crippen MR) is 97.8 cm³/mol. The first-order valence-corrected chi connectivity index (χ1v) is 9.46. The molecule has 0 fully saturated rings. The van der Waals surface area contributed by atoms with Gasteiger partial charge < -0.3 is 14.6 Å². The molecule has 0 bridgehead atoms. The highest BCUT2D eigenvalue weighted by Gasteiger charge is 2.29. The smallest absolute Gasteiger partial charge is 0.133 e. The highest BCUT2D eigenvalue weighted by atomic mass is 16.5. The minimum absolute atomic E-state index is 0.0655. The van der Waals surface area contributed by atoms with Gasteiger partial charge in [-0.15, -0.1) is 10.2 Å². The Bertz CT molecular complexity index is 752. The van der Waals surface area contributed by atoms with Crippen LogP contribution in [-0.4, -0.2) is 26.9 Å². The second-order valence-corrected chi connectivity index (χ2v) is 8.01. The number of aryl methyl sites for hydroxylation is 2. The predicted octanol–water partition coefficient (Wildman–Crippen LogP) is 2.91. The topological polar surface area (TPSA) is 52.0 Å². The molecule has 2 aliphatic rings. The molecule has 0 saturated carbocycles. The Morgan fingerprint density at radius 3 is 3.04 bits per heavy atom. The van der Waals surface area contributed by atoms with Crippen molar-refractivity contribution >= 4 is 0 Å². The maximum Gasteiger partial charge on any atom is 0.133 e. The first kappa shape index (κ1) is 16.6. The van der Waals surface area contributed by atoms with Crippen molar-refractivity contribution in [3.05, 3.63) is 41.0 Å². The van der Waals surface area contributed by atoms with Gasteiger partial charge in [-0.3, -0.25) is 0 Å². The van der Waals surface area contributed by atoms with Crippen LogP contribution in [0, 0.1) is 5.92 Å². The average Bonchev–Trinajstić information content (AvgIpc) is 3.12. The number of nitrogens with zero attached hydrogens (tertiary/aromatic N) is 3. The van der Waals surface area contributed by atoms with Crippen LogP contribution in [0.15, 0.2) is 18.2 Å². The number of hydrogen-bond acceptors (Lipinski definition) is 4. The Morgan fingerprint density at radius 1 is 1.32 bits per heavy atom. The van der Waals surface area contributed by atoms with Crippen LogP contribution in [0.1, 0.15) is 50.0 Å². The number of rotatable bonds is 5. The van der Waals surface area contributed by atoms with Gasteiger partial charge >= 0.3 is 0 Å². The minimum Gasteiger partial charge on any atom is -0.487 e. The molecule has 5 heteroatoms. The van der Waals surface area contributed by atoms with Gasteiger partial charge in [-0.1, -0.05) is 19.1 Å². The third-order valence-electron chi connectivity index (χ3n) is 5.33. The number of ether oxygens (including phenoxy) is 1. The van der Waals surface area contributed by atoms with Gasteiger partial charge in [-0.25, -0.2) is 0 Å². The molecule has 0 spiro atoms. The standard InChI is InChI=1S/C20H28N4O/c1-4-18-22-23-19-8-6-15(13-24(18)19)12-21-11-14-5-7-17-16(9-14)10-20(2,3)25-17/h5,7,9,15,21H,4,6,8,10-13H2,1-3H3. The third kappa shape index (κ3) is 3.43. The van der Waals surface area contributed by atoms with Gasteiger partial charge in [-0.2, -0.15) is 0 Å². The maximum absolute atomic E-state index is 5.96. The van der Waals surface area contributed by atoms with Crippen molar-refractivity contribution in [2.45, 2.75) is 65.1 Å². The Balaban J connectivity index is 1.32. The molecule has 1 aromatic heterocycles. The van der Waals surface area contributed by atoms with Gasteiger partial charge in [0.05, 0.1) is 0 Å². The lowest BCUT2D eigenvalue weighted by atomic mass is 9.98. The van der Waals surface area contributed by atoms with E-state index in [0.29, 0.717) is 5.92 Å². The average molecular weight is 340 g/mol. The monoisotopic (exact) mass is 340 g/mol. The fourth-order valence-electron chi connectivity index (χ4n) is 4.07. The zero-order valence-corrected chi connectivity index (χ0v) is 15.5. The molecule has 3 heterocycles. The highest BCUT2D eigenvalue weighted by molar-refractivity contribution is 5.41. The van der Waals surface area contributed by atoms with E-state index in [1.807, 2.05) is 0 Å². The summed E-state index contributed by atoms with van der Waals surface area (Å²) in [4.78, 5) is 0. The summed E-state index contributed by atoms with van der Waals surface area (Å²) in [6.45, 7) is 9.46.